The van der Waals surface area contributed by atoms with Gasteiger partial charge in [0.15, 0.2) is 0 Å². The lowest BCUT2D eigenvalue weighted by molar-refractivity contribution is 0.0949. The first kappa shape index (κ1) is 19.6. The predicted molar refractivity (Wildman–Crippen MR) is 111 cm³/mol. The summed E-state index contributed by atoms with van der Waals surface area (Å²) in [5.74, 6) is 0.867. The summed E-state index contributed by atoms with van der Waals surface area (Å²) in [5, 5.41) is 6.50. The molecule has 0 aliphatic carbocycles. The highest BCUT2D eigenvalue weighted by Crippen LogP contribution is 2.23. The Bertz CT molecular complexity index is 978. The van der Waals surface area contributed by atoms with Crippen LogP contribution >= 0.6 is 11.6 Å². The van der Waals surface area contributed by atoms with Gasteiger partial charge in [-0.15, -0.1) is 0 Å². The summed E-state index contributed by atoms with van der Waals surface area (Å²) in [7, 11) is 1.63. The number of amides is 1. The first-order valence-electron chi connectivity index (χ1n) is 8.84. The first-order chi connectivity index (χ1) is 13.6. The number of methoxy groups -OCH3 is 1. The number of ether oxygens (including phenoxy) is 1. The minimum absolute atomic E-state index is 0.261. The van der Waals surface area contributed by atoms with E-state index in [1.807, 2.05) is 49.4 Å². The van der Waals surface area contributed by atoms with Crippen LogP contribution in [0.5, 0.6) is 5.75 Å². The summed E-state index contributed by atoms with van der Waals surface area (Å²) < 4.78 is 5.33. The standard InChI is InChI=1S/C21H21ClN4O2/c1-14-13-18(26-21(24-14)25-17-9-5-4-8-16(17)22)20(27)23-12-11-15-7-3-6-10-19(15)28-2/h3-10,13H,11-12H2,1-2H3,(H,23,27)(H,24,25,26). The van der Waals surface area contributed by atoms with Crippen LogP contribution in [0.25, 0.3) is 0 Å². The van der Waals surface area contributed by atoms with Crippen molar-refractivity contribution in [2.24, 2.45) is 0 Å². The second-order valence-electron chi connectivity index (χ2n) is 6.14. The van der Waals surface area contributed by atoms with Crippen molar-refractivity contribution in [3.05, 3.63) is 76.6 Å². The number of carbonyl (C=O) groups is 1. The normalized spacial score (nSPS) is 10.4. The van der Waals surface area contributed by atoms with Gasteiger partial charge in [0.1, 0.15) is 11.4 Å². The molecule has 1 heterocycles. The highest BCUT2D eigenvalue weighted by molar-refractivity contribution is 6.33. The fourth-order valence-electron chi connectivity index (χ4n) is 2.73. The lowest BCUT2D eigenvalue weighted by Gasteiger charge is -2.11. The van der Waals surface area contributed by atoms with Gasteiger partial charge in [0.25, 0.3) is 5.91 Å². The van der Waals surface area contributed by atoms with Crippen LogP contribution in [-0.4, -0.2) is 29.5 Å². The van der Waals surface area contributed by atoms with E-state index in [2.05, 4.69) is 20.6 Å². The van der Waals surface area contributed by atoms with Gasteiger partial charge < -0.3 is 15.4 Å². The second kappa shape index (κ2) is 9.19. The largest absolute Gasteiger partial charge is 0.496 e. The Kier molecular flexibility index (Phi) is 6.45. The molecule has 1 amide bonds. The molecule has 0 spiro atoms. The van der Waals surface area contributed by atoms with Crippen LogP contribution < -0.4 is 15.4 Å². The molecule has 0 aliphatic rings. The summed E-state index contributed by atoms with van der Waals surface area (Å²) in [6.07, 6.45) is 0.657. The quantitative estimate of drug-likeness (QED) is 0.627. The number of benzene rings is 2. The molecule has 0 unspecified atom stereocenters. The molecule has 3 rings (SSSR count). The lowest BCUT2D eigenvalue weighted by atomic mass is 10.1. The summed E-state index contributed by atoms with van der Waals surface area (Å²) in [5.41, 5.74) is 2.68. The van der Waals surface area contributed by atoms with Crippen LogP contribution in [0, 0.1) is 6.92 Å². The topological polar surface area (TPSA) is 76.1 Å². The highest BCUT2D eigenvalue weighted by Gasteiger charge is 2.12. The van der Waals surface area contributed by atoms with E-state index in [1.165, 1.54) is 0 Å². The fourth-order valence-corrected chi connectivity index (χ4v) is 2.92. The number of nitrogens with one attached hydrogen (secondary N) is 2. The van der Waals surface area contributed by atoms with E-state index in [4.69, 9.17) is 16.3 Å². The maximum atomic E-state index is 12.5. The van der Waals surface area contributed by atoms with E-state index in [0.29, 0.717) is 41.0 Å². The van der Waals surface area contributed by atoms with E-state index in [9.17, 15) is 4.79 Å². The van der Waals surface area contributed by atoms with Crippen molar-refractivity contribution in [2.75, 3.05) is 19.0 Å². The Hall–Kier alpha value is -3.12. The van der Waals surface area contributed by atoms with Crippen molar-refractivity contribution < 1.29 is 9.53 Å². The molecule has 0 bridgehead atoms. The summed E-state index contributed by atoms with van der Waals surface area (Å²) in [4.78, 5) is 21.2. The molecule has 0 aliphatic heterocycles. The van der Waals surface area contributed by atoms with Crippen molar-refractivity contribution in [3.8, 4) is 5.75 Å². The molecule has 6 nitrogen and oxygen atoms in total. The molecule has 0 saturated carbocycles. The van der Waals surface area contributed by atoms with E-state index < -0.39 is 0 Å². The molecular formula is C21H21ClN4O2. The zero-order valence-electron chi connectivity index (χ0n) is 15.7. The molecular weight excluding hydrogens is 376 g/mol. The molecule has 2 N–H and O–H groups in total. The third-order valence-corrected chi connectivity index (χ3v) is 4.41. The van der Waals surface area contributed by atoms with Crippen LogP contribution in [0.4, 0.5) is 11.6 Å². The maximum Gasteiger partial charge on any atom is 0.270 e. The van der Waals surface area contributed by atoms with Gasteiger partial charge in [-0.1, -0.05) is 41.9 Å². The molecule has 7 heteroatoms. The Morgan fingerprint density at radius 2 is 1.86 bits per heavy atom. The number of aryl methyl sites for hydroxylation is 1. The smallest absolute Gasteiger partial charge is 0.270 e. The molecule has 28 heavy (non-hydrogen) atoms. The minimum Gasteiger partial charge on any atom is -0.496 e. The van der Waals surface area contributed by atoms with Crippen LogP contribution in [0.1, 0.15) is 21.7 Å². The van der Waals surface area contributed by atoms with Gasteiger partial charge in [-0.3, -0.25) is 4.79 Å². The van der Waals surface area contributed by atoms with Crippen molar-refractivity contribution in [1.82, 2.24) is 15.3 Å². The van der Waals surface area contributed by atoms with Gasteiger partial charge >= 0.3 is 0 Å². The van der Waals surface area contributed by atoms with Gasteiger partial charge in [0, 0.05) is 12.2 Å². The van der Waals surface area contributed by atoms with E-state index in [-0.39, 0.29) is 5.91 Å². The van der Waals surface area contributed by atoms with Gasteiger partial charge in [-0.05, 0) is 43.2 Å². The first-order valence-corrected chi connectivity index (χ1v) is 9.22. The number of anilines is 2. The van der Waals surface area contributed by atoms with Gasteiger partial charge in [0.05, 0.1) is 17.8 Å². The van der Waals surface area contributed by atoms with Crippen LogP contribution in [-0.2, 0) is 6.42 Å². The SMILES string of the molecule is COc1ccccc1CCNC(=O)c1cc(C)nc(Nc2ccccc2Cl)n1. The minimum atomic E-state index is -0.261. The van der Waals surface area contributed by atoms with E-state index in [0.717, 1.165) is 11.3 Å². The number of nitrogens with zero attached hydrogens (tertiary/aromatic N) is 2. The molecule has 144 valence electrons. The average molecular weight is 397 g/mol. The van der Waals surface area contributed by atoms with E-state index in [1.54, 1.807) is 19.2 Å². The number of hydrogen-bond donors (Lipinski definition) is 2. The number of halogens is 1. The lowest BCUT2D eigenvalue weighted by Crippen LogP contribution is -2.27. The van der Waals surface area contributed by atoms with Crippen molar-refractivity contribution >= 4 is 29.1 Å². The zero-order chi connectivity index (χ0) is 19.9. The third kappa shape index (κ3) is 4.98. The maximum absolute atomic E-state index is 12.5. The number of carbonyl (C=O) groups excluding carboxylic acids is 1. The van der Waals surface area contributed by atoms with Crippen LogP contribution in [0.15, 0.2) is 54.6 Å². The van der Waals surface area contributed by atoms with Gasteiger partial charge in [-0.25, -0.2) is 9.97 Å². The number of hydrogen-bond acceptors (Lipinski definition) is 5. The average Bonchev–Trinajstić information content (AvgIpc) is 2.69. The Morgan fingerprint density at radius 1 is 1.11 bits per heavy atom. The molecule has 0 saturated heterocycles. The Labute approximate surface area is 168 Å². The zero-order valence-corrected chi connectivity index (χ0v) is 16.5. The van der Waals surface area contributed by atoms with Gasteiger partial charge in [0.2, 0.25) is 5.95 Å². The Balaban J connectivity index is 1.66. The molecule has 0 atom stereocenters. The number of rotatable bonds is 7. The molecule has 2 aromatic carbocycles. The highest BCUT2D eigenvalue weighted by atomic mass is 35.5. The predicted octanol–water partition coefficient (Wildman–Crippen LogP) is 4.16. The summed E-state index contributed by atoms with van der Waals surface area (Å²) >= 11 is 6.16. The monoisotopic (exact) mass is 396 g/mol. The number of para-hydroxylation sites is 2. The van der Waals surface area contributed by atoms with E-state index >= 15 is 0 Å². The van der Waals surface area contributed by atoms with Crippen molar-refractivity contribution in [2.45, 2.75) is 13.3 Å². The summed E-state index contributed by atoms with van der Waals surface area (Å²) in [6.45, 7) is 2.28. The summed E-state index contributed by atoms with van der Waals surface area (Å²) in [6, 6.07) is 16.7. The molecule has 0 radical (unpaired) electrons. The Morgan fingerprint density at radius 3 is 2.64 bits per heavy atom. The molecule has 1 aromatic heterocycles. The van der Waals surface area contributed by atoms with Crippen molar-refractivity contribution in [3.63, 3.8) is 0 Å². The number of aromatic nitrogens is 2. The van der Waals surface area contributed by atoms with Gasteiger partial charge in [-0.2, -0.15) is 0 Å². The second-order valence-corrected chi connectivity index (χ2v) is 6.55. The molecule has 3 aromatic rings. The van der Waals surface area contributed by atoms with Crippen molar-refractivity contribution in [1.29, 1.82) is 0 Å². The third-order valence-electron chi connectivity index (χ3n) is 4.08. The van der Waals surface area contributed by atoms with Crippen LogP contribution in [0.3, 0.4) is 0 Å². The molecule has 0 fully saturated rings. The van der Waals surface area contributed by atoms with Crippen LogP contribution in [0.2, 0.25) is 5.02 Å². The fraction of sp³-hybridized carbons (Fsp3) is 0.190.